The van der Waals surface area contributed by atoms with Gasteiger partial charge in [-0.1, -0.05) is 6.07 Å². The third kappa shape index (κ3) is 2.58. The second-order valence-electron chi connectivity index (χ2n) is 3.43. The first-order valence-electron chi connectivity index (χ1n) is 4.90. The van der Waals surface area contributed by atoms with E-state index in [9.17, 15) is 9.59 Å². The lowest BCUT2D eigenvalue weighted by Gasteiger charge is -2.05. The Morgan fingerprint density at radius 2 is 2.18 bits per heavy atom. The molecule has 0 aliphatic carbocycles. The number of pyridine rings is 1. The van der Waals surface area contributed by atoms with Crippen LogP contribution < -0.4 is 22.5 Å². The van der Waals surface area contributed by atoms with E-state index in [1.54, 1.807) is 18.3 Å². The SMILES string of the molecule is NNc1ccc(Cn2ccc(=O)[nH]c2=O)cn1. The molecule has 2 aromatic heterocycles. The molecule has 2 heterocycles. The van der Waals surface area contributed by atoms with E-state index in [0.29, 0.717) is 12.4 Å². The molecular weight excluding hydrogens is 222 g/mol. The van der Waals surface area contributed by atoms with Crippen LogP contribution in [-0.4, -0.2) is 14.5 Å². The Labute approximate surface area is 95.9 Å². The molecule has 0 amide bonds. The van der Waals surface area contributed by atoms with Gasteiger partial charge in [-0.2, -0.15) is 0 Å². The van der Waals surface area contributed by atoms with Gasteiger partial charge in [-0.15, -0.1) is 0 Å². The van der Waals surface area contributed by atoms with Crippen LogP contribution >= 0.6 is 0 Å². The first-order valence-corrected chi connectivity index (χ1v) is 4.90. The molecule has 88 valence electrons. The highest BCUT2D eigenvalue weighted by molar-refractivity contribution is 5.33. The number of nitrogens with one attached hydrogen (secondary N) is 2. The third-order valence-corrected chi connectivity index (χ3v) is 2.22. The average Bonchev–Trinajstić information content (AvgIpc) is 2.34. The molecule has 7 heteroatoms. The second-order valence-corrected chi connectivity index (χ2v) is 3.43. The number of H-pyrrole nitrogens is 1. The lowest BCUT2D eigenvalue weighted by atomic mass is 10.3. The quantitative estimate of drug-likeness (QED) is 0.478. The molecule has 0 aliphatic heterocycles. The molecule has 0 radical (unpaired) electrons. The van der Waals surface area contributed by atoms with Gasteiger partial charge in [0.2, 0.25) is 0 Å². The maximum Gasteiger partial charge on any atom is 0.328 e. The van der Waals surface area contributed by atoms with Crippen LogP contribution in [0.15, 0.2) is 40.2 Å². The van der Waals surface area contributed by atoms with Crippen LogP contribution in [0.3, 0.4) is 0 Å². The lowest BCUT2D eigenvalue weighted by molar-refractivity contribution is 0.718. The topological polar surface area (TPSA) is 106 Å². The molecule has 0 unspecified atom stereocenters. The second kappa shape index (κ2) is 4.62. The lowest BCUT2D eigenvalue weighted by Crippen LogP contribution is -2.28. The van der Waals surface area contributed by atoms with Gasteiger partial charge in [-0.3, -0.25) is 14.3 Å². The van der Waals surface area contributed by atoms with Crippen LogP contribution in [-0.2, 0) is 6.54 Å². The molecule has 7 nitrogen and oxygen atoms in total. The number of rotatable bonds is 3. The van der Waals surface area contributed by atoms with E-state index < -0.39 is 11.2 Å². The number of aromatic amines is 1. The summed E-state index contributed by atoms with van der Waals surface area (Å²) in [5.41, 5.74) is 2.39. The van der Waals surface area contributed by atoms with Gasteiger partial charge in [0.25, 0.3) is 5.56 Å². The van der Waals surface area contributed by atoms with E-state index in [2.05, 4.69) is 15.4 Å². The molecule has 0 atom stereocenters. The number of hydrogen-bond donors (Lipinski definition) is 3. The fourth-order valence-electron chi connectivity index (χ4n) is 1.37. The maximum atomic E-state index is 11.4. The molecule has 0 aliphatic rings. The molecule has 2 aromatic rings. The van der Waals surface area contributed by atoms with Crippen LogP contribution in [0, 0.1) is 0 Å². The van der Waals surface area contributed by atoms with Crippen molar-refractivity contribution < 1.29 is 0 Å². The van der Waals surface area contributed by atoms with Gasteiger partial charge >= 0.3 is 5.69 Å². The highest BCUT2D eigenvalue weighted by atomic mass is 16.2. The smallest absolute Gasteiger partial charge is 0.308 e. The van der Waals surface area contributed by atoms with E-state index in [4.69, 9.17) is 5.84 Å². The summed E-state index contributed by atoms with van der Waals surface area (Å²) >= 11 is 0. The van der Waals surface area contributed by atoms with Crippen molar-refractivity contribution in [3.8, 4) is 0 Å². The highest BCUT2D eigenvalue weighted by Gasteiger charge is 1.99. The summed E-state index contributed by atoms with van der Waals surface area (Å²) < 4.78 is 1.38. The van der Waals surface area contributed by atoms with E-state index in [0.717, 1.165) is 5.56 Å². The third-order valence-electron chi connectivity index (χ3n) is 2.22. The zero-order chi connectivity index (χ0) is 12.3. The Hall–Kier alpha value is -2.41. The first-order chi connectivity index (χ1) is 8.19. The van der Waals surface area contributed by atoms with Crippen LogP contribution in [0.5, 0.6) is 0 Å². The monoisotopic (exact) mass is 233 g/mol. The van der Waals surface area contributed by atoms with Gasteiger partial charge in [0.1, 0.15) is 5.82 Å². The van der Waals surface area contributed by atoms with Crippen molar-refractivity contribution in [1.29, 1.82) is 0 Å². The Morgan fingerprint density at radius 1 is 1.35 bits per heavy atom. The molecule has 0 fully saturated rings. The summed E-state index contributed by atoms with van der Waals surface area (Å²) in [5.74, 6) is 5.73. The van der Waals surface area contributed by atoms with Gasteiger partial charge in [0.15, 0.2) is 0 Å². The highest BCUT2D eigenvalue weighted by Crippen LogP contribution is 2.04. The molecule has 4 N–H and O–H groups in total. The molecule has 0 spiro atoms. The van der Waals surface area contributed by atoms with Crippen LogP contribution in [0.1, 0.15) is 5.56 Å². The van der Waals surface area contributed by atoms with Gasteiger partial charge in [-0.25, -0.2) is 15.6 Å². The summed E-state index contributed by atoms with van der Waals surface area (Å²) in [5, 5.41) is 0. The standard InChI is InChI=1S/C10H11N5O2/c11-14-8-2-1-7(5-12-8)6-15-4-3-9(16)13-10(15)17/h1-5H,6,11H2,(H,12,14)(H,13,16,17). The largest absolute Gasteiger partial charge is 0.328 e. The maximum absolute atomic E-state index is 11.4. The average molecular weight is 233 g/mol. The molecular formula is C10H11N5O2. The van der Waals surface area contributed by atoms with Gasteiger partial charge in [-0.05, 0) is 11.6 Å². The summed E-state index contributed by atoms with van der Waals surface area (Å²) in [4.78, 5) is 28.5. The van der Waals surface area contributed by atoms with E-state index in [-0.39, 0.29) is 0 Å². The van der Waals surface area contributed by atoms with Crippen LogP contribution in [0.4, 0.5) is 5.82 Å². The molecule has 0 aromatic carbocycles. The summed E-state index contributed by atoms with van der Waals surface area (Å²) in [6.45, 7) is 0.341. The molecule has 0 bridgehead atoms. The Bertz CT molecular complexity index is 614. The number of nitrogen functional groups attached to an aromatic ring is 1. The van der Waals surface area contributed by atoms with Gasteiger partial charge in [0, 0.05) is 18.5 Å². The molecule has 17 heavy (non-hydrogen) atoms. The number of nitrogens with zero attached hydrogens (tertiary/aromatic N) is 2. The number of hydrogen-bond acceptors (Lipinski definition) is 5. The van der Waals surface area contributed by atoms with Crippen LogP contribution in [0.2, 0.25) is 0 Å². The zero-order valence-corrected chi connectivity index (χ0v) is 8.88. The number of aromatic nitrogens is 3. The number of nitrogens with two attached hydrogens (primary N) is 1. The Balaban J connectivity index is 2.25. The minimum Gasteiger partial charge on any atom is -0.308 e. The molecule has 0 saturated heterocycles. The fourth-order valence-corrected chi connectivity index (χ4v) is 1.37. The predicted octanol–water partition coefficient (Wildman–Crippen LogP) is -0.735. The summed E-state index contributed by atoms with van der Waals surface area (Å²) in [6.07, 6.45) is 3.04. The Kier molecular flexibility index (Phi) is 3.01. The molecule has 2 rings (SSSR count). The summed E-state index contributed by atoms with van der Waals surface area (Å²) in [7, 11) is 0. The van der Waals surface area contributed by atoms with Crippen LogP contribution in [0.25, 0.3) is 0 Å². The van der Waals surface area contributed by atoms with Gasteiger partial charge in [0.05, 0.1) is 6.54 Å². The predicted molar refractivity (Wildman–Crippen MR) is 62.5 cm³/mol. The Morgan fingerprint density at radius 3 is 2.76 bits per heavy atom. The van der Waals surface area contributed by atoms with Crippen molar-refractivity contribution in [3.63, 3.8) is 0 Å². The normalized spacial score (nSPS) is 10.2. The number of hydrazine groups is 1. The minimum atomic E-state index is -0.446. The van der Waals surface area contributed by atoms with Gasteiger partial charge < -0.3 is 5.43 Å². The summed E-state index contributed by atoms with van der Waals surface area (Å²) in [6, 6.07) is 4.79. The first kappa shape index (κ1) is 11.1. The van der Waals surface area contributed by atoms with Crippen molar-refractivity contribution in [3.05, 3.63) is 57.0 Å². The minimum absolute atomic E-state index is 0.341. The van der Waals surface area contributed by atoms with Crippen molar-refractivity contribution in [2.24, 2.45) is 5.84 Å². The van der Waals surface area contributed by atoms with Crippen molar-refractivity contribution in [1.82, 2.24) is 14.5 Å². The number of anilines is 1. The van der Waals surface area contributed by atoms with E-state index >= 15 is 0 Å². The van der Waals surface area contributed by atoms with Crippen molar-refractivity contribution >= 4 is 5.82 Å². The van der Waals surface area contributed by atoms with E-state index in [1.807, 2.05) is 0 Å². The van der Waals surface area contributed by atoms with Crippen molar-refractivity contribution in [2.45, 2.75) is 6.54 Å². The fraction of sp³-hybridized carbons (Fsp3) is 0.100. The van der Waals surface area contributed by atoms with E-state index in [1.165, 1.54) is 16.8 Å². The molecule has 0 saturated carbocycles. The van der Waals surface area contributed by atoms with Crippen molar-refractivity contribution in [2.75, 3.05) is 5.43 Å². The zero-order valence-electron chi connectivity index (χ0n) is 8.88.